The van der Waals surface area contributed by atoms with Gasteiger partial charge >= 0.3 is 0 Å². The standard InChI is InChI=1S/C24H25Cl2NO4S/c1-32(30,31)22-7-2-4-17-18(22)9-8-16(14-21(17)28)24(29)27-12-10-15(11-13-27)23-19(25)5-3-6-20(23)26/h2-7,15-16H,8-14H2,1H3. The third-order valence-electron chi connectivity index (χ3n) is 6.57. The van der Waals surface area contributed by atoms with Gasteiger partial charge in [0.2, 0.25) is 5.91 Å². The van der Waals surface area contributed by atoms with E-state index in [2.05, 4.69) is 0 Å². The Kier molecular flexibility index (Phi) is 6.66. The molecule has 1 fully saturated rings. The number of hydrogen-bond acceptors (Lipinski definition) is 4. The van der Waals surface area contributed by atoms with Crippen molar-refractivity contribution in [3.05, 3.63) is 63.1 Å². The van der Waals surface area contributed by atoms with Crippen molar-refractivity contribution in [3.8, 4) is 0 Å². The molecule has 0 N–H and O–H groups in total. The molecule has 2 aromatic carbocycles. The Morgan fingerprint density at radius 2 is 1.62 bits per heavy atom. The molecule has 2 aliphatic rings. The van der Waals surface area contributed by atoms with Crippen LogP contribution in [0, 0.1) is 5.92 Å². The Hall–Kier alpha value is -1.89. The minimum Gasteiger partial charge on any atom is -0.342 e. The first-order valence-electron chi connectivity index (χ1n) is 10.7. The van der Waals surface area contributed by atoms with E-state index in [0.717, 1.165) is 24.7 Å². The van der Waals surface area contributed by atoms with E-state index in [1.165, 1.54) is 6.07 Å². The number of carbonyl (C=O) groups is 2. The molecule has 32 heavy (non-hydrogen) atoms. The maximum absolute atomic E-state index is 13.3. The monoisotopic (exact) mass is 493 g/mol. The van der Waals surface area contributed by atoms with Crippen molar-refractivity contribution in [3.63, 3.8) is 0 Å². The average Bonchev–Trinajstić information content (AvgIpc) is 2.92. The smallest absolute Gasteiger partial charge is 0.226 e. The van der Waals surface area contributed by atoms with Crippen LogP contribution in [0.2, 0.25) is 10.0 Å². The lowest BCUT2D eigenvalue weighted by atomic mass is 9.88. The number of likely N-dealkylation sites (tertiary alicyclic amines) is 1. The van der Waals surface area contributed by atoms with Crippen LogP contribution in [0.25, 0.3) is 0 Å². The van der Waals surface area contributed by atoms with Gasteiger partial charge in [0, 0.05) is 47.3 Å². The Balaban J connectivity index is 1.47. The third kappa shape index (κ3) is 4.59. The summed E-state index contributed by atoms with van der Waals surface area (Å²) in [5.41, 5.74) is 1.91. The van der Waals surface area contributed by atoms with Crippen LogP contribution < -0.4 is 0 Å². The predicted molar refractivity (Wildman–Crippen MR) is 125 cm³/mol. The van der Waals surface area contributed by atoms with E-state index in [-0.39, 0.29) is 28.9 Å². The second-order valence-corrected chi connectivity index (χ2v) is 11.5. The van der Waals surface area contributed by atoms with Gasteiger partial charge in [-0.15, -0.1) is 0 Å². The SMILES string of the molecule is CS(=O)(=O)c1cccc2c1CCC(C(=O)N1CCC(c3c(Cl)cccc3Cl)CC1)CC2=O. The number of nitrogens with zero attached hydrogens (tertiary/aromatic N) is 1. The minimum absolute atomic E-state index is 0.0317. The van der Waals surface area contributed by atoms with Crippen LogP contribution in [0.5, 0.6) is 0 Å². The third-order valence-corrected chi connectivity index (χ3v) is 8.41. The number of fused-ring (bicyclic) bond motifs is 1. The van der Waals surface area contributed by atoms with E-state index in [1.807, 2.05) is 23.1 Å². The summed E-state index contributed by atoms with van der Waals surface area (Å²) < 4.78 is 24.4. The van der Waals surface area contributed by atoms with Gasteiger partial charge in [0.05, 0.1) is 4.90 Å². The lowest BCUT2D eigenvalue weighted by Gasteiger charge is -2.34. The number of ketones is 1. The van der Waals surface area contributed by atoms with Gasteiger partial charge < -0.3 is 4.90 Å². The predicted octanol–water partition coefficient (Wildman–Crippen LogP) is 4.94. The Morgan fingerprint density at radius 1 is 1.00 bits per heavy atom. The largest absolute Gasteiger partial charge is 0.342 e. The van der Waals surface area contributed by atoms with Crippen LogP contribution in [0.15, 0.2) is 41.3 Å². The Labute approximate surface area is 198 Å². The van der Waals surface area contributed by atoms with Crippen molar-refractivity contribution in [2.45, 2.75) is 42.9 Å². The maximum Gasteiger partial charge on any atom is 0.226 e. The first-order chi connectivity index (χ1) is 15.2. The summed E-state index contributed by atoms with van der Waals surface area (Å²) in [6, 6.07) is 10.3. The molecular formula is C24H25Cl2NO4S. The number of carbonyl (C=O) groups excluding carboxylic acids is 2. The van der Waals surface area contributed by atoms with Crippen LogP contribution in [0.4, 0.5) is 0 Å². The average molecular weight is 494 g/mol. The van der Waals surface area contributed by atoms with E-state index in [4.69, 9.17) is 23.2 Å². The van der Waals surface area contributed by atoms with Crippen molar-refractivity contribution in [1.29, 1.82) is 0 Å². The molecule has 0 aromatic heterocycles. The maximum atomic E-state index is 13.3. The van der Waals surface area contributed by atoms with Crippen molar-refractivity contribution >= 4 is 44.7 Å². The van der Waals surface area contributed by atoms with Crippen molar-refractivity contribution in [2.24, 2.45) is 5.92 Å². The molecule has 1 saturated heterocycles. The van der Waals surface area contributed by atoms with E-state index >= 15 is 0 Å². The first-order valence-corrected chi connectivity index (χ1v) is 13.4. The number of sulfone groups is 1. The van der Waals surface area contributed by atoms with Crippen LogP contribution in [0.3, 0.4) is 0 Å². The lowest BCUT2D eigenvalue weighted by Crippen LogP contribution is -2.41. The van der Waals surface area contributed by atoms with Gasteiger partial charge in [0.15, 0.2) is 15.6 Å². The lowest BCUT2D eigenvalue weighted by molar-refractivity contribution is -0.136. The molecule has 0 bridgehead atoms. The molecule has 1 unspecified atom stereocenters. The highest BCUT2D eigenvalue weighted by atomic mass is 35.5. The fraction of sp³-hybridized carbons (Fsp3) is 0.417. The van der Waals surface area contributed by atoms with Gasteiger partial charge in [0.1, 0.15) is 0 Å². The highest BCUT2D eigenvalue weighted by molar-refractivity contribution is 7.90. The molecule has 1 amide bonds. The van der Waals surface area contributed by atoms with Crippen molar-refractivity contribution < 1.29 is 18.0 Å². The summed E-state index contributed by atoms with van der Waals surface area (Å²) in [6.45, 7) is 1.16. The van der Waals surface area contributed by atoms with Crippen LogP contribution in [0.1, 0.15) is 53.1 Å². The number of piperidine rings is 1. The quantitative estimate of drug-likeness (QED) is 0.567. The van der Waals surface area contributed by atoms with Gasteiger partial charge in [-0.1, -0.05) is 41.4 Å². The van der Waals surface area contributed by atoms with Crippen LogP contribution >= 0.6 is 23.2 Å². The van der Waals surface area contributed by atoms with Gasteiger partial charge in [-0.2, -0.15) is 0 Å². The fourth-order valence-corrected chi connectivity index (χ4v) is 6.64. The number of benzene rings is 2. The molecule has 5 nitrogen and oxygen atoms in total. The summed E-state index contributed by atoms with van der Waals surface area (Å²) in [7, 11) is -3.45. The minimum atomic E-state index is -3.45. The normalized spacial score (nSPS) is 20.0. The molecule has 1 atom stereocenters. The topological polar surface area (TPSA) is 71.5 Å². The fourth-order valence-electron chi connectivity index (χ4n) is 4.94. The number of halogens is 2. The summed E-state index contributed by atoms with van der Waals surface area (Å²) in [5, 5.41) is 1.30. The van der Waals surface area contributed by atoms with E-state index in [9.17, 15) is 18.0 Å². The number of rotatable bonds is 3. The molecule has 0 spiro atoms. The van der Waals surface area contributed by atoms with Crippen LogP contribution in [-0.2, 0) is 21.1 Å². The zero-order chi connectivity index (χ0) is 23.0. The zero-order valence-electron chi connectivity index (χ0n) is 17.8. The molecule has 170 valence electrons. The van der Waals surface area contributed by atoms with E-state index in [0.29, 0.717) is 47.1 Å². The molecule has 0 radical (unpaired) electrons. The van der Waals surface area contributed by atoms with Crippen LogP contribution in [-0.4, -0.2) is 44.4 Å². The molecule has 1 aliphatic heterocycles. The van der Waals surface area contributed by atoms with Gasteiger partial charge in [0.25, 0.3) is 0 Å². The zero-order valence-corrected chi connectivity index (χ0v) is 20.1. The Morgan fingerprint density at radius 3 is 2.25 bits per heavy atom. The summed E-state index contributed by atoms with van der Waals surface area (Å²) in [5.74, 6) is -0.449. The summed E-state index contributed by atoms with van der Waals surface area (Å²) >= 11 is 12.7. The summed E-state index contributed by atoms with van der Waals surface area (Å²) in [4.78, 5) is 28.2. The highest BCUT2D eigenvalue weighted by Crippen LogP contribution is 2.38. The summed E-state index contributed by atoms with van der Waals surface area (Å²) in [6.07, 6.45) is 3.63. The second-order valence-electron chi connectivity index (χ2n) is 8.65. The second kappa shape index (κ2) is 9.16. The Bertz CT molecular complexity index is 1150. The first kappa shape index (κ1) is 23.3. The molecule has 8 heteroatoms. The number of Topliss-reactive ketones (excluding diaryl/α,β-unsaturated/α-hetero) is 1. The van der Waals surface area contributed by atoms with E-state index < -0.39 is 15.8 Å². The molecule has 0 saturated carbocycles. The van der Waals surface area contributed by atoms with Gasteiger partial charge in [-0.05, 0) is 60.9 Å². The van der Waals surface area contributed by atoms with Crippen molar-refractivity contribution in [2.75, 3.05) is 19.3 Å². The van der Waals surface area contributed by atoms with Crippen molar-refractivity contribution in [1.82, 2.24) is 4.90 Å². The molecule has 2 aromatic rings. The number of amides is 1. The van der Waals surface area contributed by atoms with Gasteiger partial charge in [-0.25, -0.2) is 8.42 Å². The molecular weight excluding hydrogens is 469 g/mol. The highest BCUT2D eigenvalue weighted by Gasteiger charge is 2.34. The van der Waals surface area contributed by atoms with Gasteiger partial charge in [-0.3, -0.25) is 9.59 Å². The molecule has 1 aliphatic carbocycles. The molecule has 1 heterocycles. The molecule has 4 rings (SSSR count). The number of hydrogen-bond donors (Lipinski definition) is 0. The van der Waals surface area contributed by atoms with E-state index in [1.54, 1.807) is 12.1 Å².